The fourth-order valence-corrected chi connectivity index (χ4v) is 13.8. The van der Waals surface area contributed by atoms with Gasteiger partial charge < -0.3 is 0 Å². The molecule has 0 spiro atoms. The molecule has 0 bridgehead atoms. The first kappa shape index (κ1) is 22.8. The van der Waals surface area contributed by atoms with Gasteiger partial charge in [-0.05, 0) is 0 Å². The van der Waals surface area contributed by atoms with E-state index in [4.69, 9.17) is 38.6 Å². The van der Waals surface area contributed by atoms with E-state index in [0.29, 0.717) is 0 Å². The second-order valence-corrected chi connectivity index (χ2v) is 22.3. The third-order valence-corrected chi connectivity index (χ3v) is 17.1. The Kier molecular flexibility index (Phi) is 5.33. The Morgan fingerprint density at radius 3 is 1.17 bits per heavy atom. The summed E-state index contributed by atoms with van der Waals surface area (Å²) in [6.07, 6.45) is 4.18. The first-order chi connectivity index (χ1) is 13.1. The van der Waals surface area contributed by atoms with Crippen LogP contribution in [0.15, 0.2) is 19.8 Å². The molecule has 1 aliphatic carbocycles. The van der Waals surface area contributed by atoms with Crippen molar-refractivity contribution in [1.82, 2.24) is 0 Å². The van der Waals surface area contributed by atoms with Crippen molar-refractivity contribution in [3.8, 4) is 0 Å². The molecule has 0 aromatic rings. The summed E-state index contributed by atoms with van der Waals surface area (Å²) >= 11 is -3.74. The van der Waals surface area contributed by atoms with Crippen LogP contribution in [0.1, 0.15) is 81.1 Å². The van der Waals surface area contributed by atoms with Gasteiger partial charge in [-0.15, -0.1) is 0 Å². The average molecular weight is 502 g/mol. The van der Waals surface area contributed by atoms with Gasteiger partial charge in [-0.2, -0.15) is 0 Å². The first-order valence-corrected chi connectivity index (χ1v) is 18.3. The van der Waals surface area contributed by atoms with Crippen LogP contribution in [0, 0.1) is 0 Å². The van der Waals surface area contributed by atoms with Gasteiger partial charge in [0.25, 0.3) is 0 Å². The summed E-state index contributed by atoms with van der Waals surface area (Å²) in [6, 6.07) is 0. The van der Waals surface area contributed by atoms with Gasteiger partial charge in [0, 0.05) is 0 Å². The monoisotopic (exact) mass is 502 g/mol. The topological polar surface area (TPSA) is 36.9 Å². The standard InChI is InChI=1S/C20H32B2Cl2GeO4/c1-17(2)18(3,4)27-21(26-17)15-13-11-9-10-12-14(13)16(25(15,23)24)22-28-19(5,6)20(7,8)29-22/h9-12H2,1-8H3. The van der Waals surface area contributed by atoms with Crippen LogP contribution < -0.4 is 0 Å². The third-order valence-electron chi connectivity index (χ3n) is 7.77. The van der Waals surface area contributed by atoms with Crippen LogP contribution in [0.4, 0.5) is 0 Å². The second kappa shape index (κ2) is 6.79. The molecule has 160 valence electrons. The van der Waals surface area contributed by atoms with Crippen molar-refractivity contribution in [2.45, 2.75) is 103 Å². The molecule has 1 saturated carbocycles. The zero-order valence-electron chi connectivity index (χ0n) is 18.9. The molecule has 29 heavy (non-hydrogen) atoms. The van der Waals surface area contributed by atoms with Crippen molar-refractivity contribution in [1.29, 1.82) is 0 Å². The van der Waals surface area contributed by atoms with Crippen molar-refractivity contribution >= 4 is 45.7 Å². The molecule has 0 radical (unpaired) electrons. The molecule has 0 N–H and O–H groups in total. The van der Waals surface area contributed by atoms with Crippen molar-refractivity contribution in [2.75, 3.05) is 0 Å². The summed E-state index contributed by atoms with van der Waals surface area (Å²) in [5.41, 5.74) is 0.783. The maximum absolute atomic E-state index is 7.32. The third kappa shape index (κ3) is 3.35. The number of allylic oxidation sites excluding steroid dienone is 2. The normalized spacial score (nSPS) is 31.7. The van der Waals surface area contributed by atoms with E-state index in [2.05, 4.69) is 55.4 Å². The minimum absolute atomic E-state index is 0.431. The number of hydrogen-bond acceptors (Lipinski definition) is 4. The van der Waals surface area contributed by atoms with Gasteiger partial charge in [0.2, 0.25) is 0 Å². The maximum atomic E-state index is 7.32. The summed E-state index contributed by atoms with van der Waals surface area (Å²) < 4.78 is 27.7. The summed E-state index contributed by atoms with van der Waals surface area (Å²) in [6.45, 7) is 16.5. The summed E-state index contributed by atoms with van der Waals surface area (Å²) in [4.78, 5) is 0. The van der Waals surface area contributed by atoms with Crippen molar-refractivity contribution in [2.24, 2.45) is 0 Å². The number of fused-ring (bicyclic) bond motifs is 1. The summed E-state index contributed by atoms with van der Waals surface area (Å²) in [5, 5.41) is 0. The predicted molar refractivity (Wildman–Crippen MR) is 122 cm³/mol. The Hall–Kier alpha value is 0.573. The van der Waals surface area contributed by atoms with E-state index in [9.17, 15) is 0 Å². The molecule has 9 heteroatoms. The summed E-state index contributed by atoms with van der Waals surface area (Å²) in [5.74, 6) is 0. The molecule has 0 aromatic heterocycles. The van der Waals surface area contributed by atoms with E-state index in [1.54, 1.807) is 0 Å². The number of rotatable bonds is 2. The Morgan fingerprint density at radius 1 is 0.621 bits per heavy atom. The van der Waals surface area contributed by atoms with E-state index in [-0.39, 0.29) is 0 Å². The quantitative estimate of drug-likeness (QED) is 0.473. The van der Waals surface area contributed by atoms with Crippen LogP contribution in [0.25, 0.3) is 0 Å². The van der Waals surface area contributed by atoms with E-state index >= 15 is 0 Å². The van der Waals surface area contributed by atoms with Gasteiger partial charge in [0.05, 0.1) is 0 Å². The van der Waals surface area contributed by atoms with Gasteiger partial charge in [-0.3, -0.25) is 0 Å². The van der Waals surface area contributed by atoms with Gasteiger partial charge in [0.15, 0.2) is 0 Å². The fourth-order valence-electron chi connectivity index (χ4n) is 4.53. The molecular formula is C20H32B2Cl2GeO4. The molecule has 4 aliphatic rings. The minimum atomic E-state index is -3.74. The van der Waals surface area contributed by atoms with Gasteiger partial charge in [-0.1, -0.05) is 0 Å². The zero-order chi connectivity index (χ0) is 21.6. The molecular weight excluding hydrogens is 469 g/mol. The van der Waals surface area contributed by atoms with Crippen molar-refractivity contribution in [3.05, 3.63) is 19.8 Å². The predicted octanol–water partition coefficient (Wildman–Crippen LogP) is 5.43. The number of hydrogen-bond donors (Lipinski definition) is 0. The van der Waals surface area contributed by atoms with Crippen LogP contribution in [-0.2, 0) is 18.6 Å². The van der Waals surface area contributed by atoms with Gasteiger partial charge in [-0.25, -0.2) is 0 Å². The first-order valence-electron chi connectivity index (χ1n) is 10.7. The Bertz CT molecular complexity index is 708. The van der Waals surface area contributed by atoms with Gasteiger partial charge in [0.1, 0.15) is 0 Å². The van der Waals surface area contributed by atoms with Crippen LogP contribution in [0.3, 0.4) is 0 Å². The molecule has 3 heterocycles. The molecule has 0 amide bonds. The SMILES string of the molecule is CC1(C)OB([C]2=C3CCCCC3=[C](B3OC(C)(C)C(C)(C)O3)[Ge]2([Cl])[Cl])OC1(C)C. The van der Waals surface area contributed by atoms with Crippen LogP contribution in [0.2, 0.25) is 0 Å². The van der Waals surface area contributed by atoms with Crippen LogP contribution >= 0.6 is 20.0 Å². The van der Waals surface area contributed by atoms with Crippen LogP contribution in [-0.4, -0.2) is 48.0 Å². The van der Waals surface area contributed by atoms with E-state index in [0.717, 1.165) is 34.3 Å². The average Bonchev–Trinajstić information content (AvgIpc) is 2.99. The van der Waals surface area contributed by atoms with E-state index < -0.39 is 48.0 Å². The van der Waals surface area contributed by atoms with Crippen molar-refractivity contribution < 1.29 is 18.6 Å². The Labute approximate surface area is 187 Å². The molecule has 0 aromatic carbocycles. The van der Waals surface area contributed by atoms with Gasteiger partial charge >= 0.3 is 188 Å². The molecule has 0 atom stereocenters. The second-order valence-electron chi connectivity index (χ2n) is 10.7. The molecule has 0 unspecified atom stereocenters. The Balaban J connectivity index is 1.76. The van der Waals surface area contributed by atoms with E-state index in [1.165, 1.54) is 11.1 Å². The zero-order valence-corrected chi connectivity index (χ0v) is 22.5. The van der Waals surface area contributed by atoms with Crippen molar-refractivity contribution in [3.63, 3.8) is 0 Å². The molecule has 3 aliphatic heterocycles. The van der Waals surface area contributed by atoms with Crippen LogP contribution in [0.5, 0.6) is 0 Å². The Morgan fingerprint density at radius 2 is 0.897 bits per heavy atom. The summed E-state index contributed by atoms with van der Waals surface area (Å²) in [7, 11) is 13.6. The fraction of sp³-hybridized carbons (Fsp3) is 0.800. The number of halogens is 2. The molecule has 4 rings (SSSR count). The molecule has 4 nitrogen and oxygen atoms in total. The molecule has 3 fully saturated rings. The van der Waals surface area contributed by atoms with E-state index in [1.807, 2.05) is 0 Å². The molecule has 2 saturated heterocycles.